The Bertz CT molecular complexity index is 389. The average Bonchev–Trinajstić information content (AvgIpc) is 2.70. The maximum absolute atomic E-state index is 12.6. The maximum atomic E-state index is 12.6. The number of halogens is 2. The van der Waals surface area contributed by atoms with E-state index in [4.69, 9.17) is 0 Å². The van der Waals surface area contributed by atoms with Crippen LogP contribution in [-0.4, -0.2) is 166 Å². The Morgan fingerprint density at radius 2 is 0.967 bits per heavy atom. The molecular formula is C17H45B3F2N8. The van der Waals surface area contributed by atoms with Crippen molar-refractivity contribution < 1.29 is 8.96 Å². The van der Waals surface area contributed by atoms with Crippen LogP contribution in [0.2, 0.25) is 0 Å². The van der Waals surface area contributed by atoms with Gasteiger partial charge in [0.2, 0.25) is 0 Å². The molecule has 0 aromatic rings. The quantitative estimate of drug-likeness (QED) is 0.142. The molecule has 176 valence electrons. The molecule has 0 heterocycles. The minimum absolute atomic E-state index is 0.216. The van der Waals surface area contributed by atoms with Gasteiger partial charge in [0.15, 0.2) is 23.9 Å². The zero-order chi connectivity index (χ0) is 22.8. The van der Waals surface area contributed by atoms with Gasteiger partial charge in [0.1, 0.15) is 0 Å². The minimum atomic E-state index is -0.716. The van der Waals surface area contributed by atoms with Gasteiger partial charge >= 0.3 is 0 Å². The van der Waals surface area contributed by atoms with Crippen LogP contribution in [0.1, 0.15) is 0 Å². The number of hydrogen-bond acceptors (Lipinski definition) is 8. The predicted octanol–water partition coefficient (Wildman–Crippen LogP) is -3.72. The van der Waals surface area contributed by atoms with E-state index >= 15 is 0 Å². The molecule has 0 aliphatic carbocycles. The zero-order valence-electron chi connectivity index (χ0n) is 20.3. The van der Waals surface area contributed by atoms with Gasteiger partial charge in [-0.1, -0.05) is 0 Å². The molecule has 8 nitrogen and oxygen atoms in total. The molecule has 0 saturated carbocycles. The lowest BCUT2D eigenvalue weighted by Crippen LogP contribution is -2.44. The van der Waals surface area contributed by atoms with Crippen LogP contribution in [-0.2, 0) is 0 Å². The number of likely N-dealkylation sites (N-methyl/N-ethyl adjacent to an activating group) is 3. The van der Waals surface area contributed by atoms with E-state index in [1.165, 1.54) is 0 Å². The Hall–Kier alpha value is -0.265. The topological polar surface area (TPSA) is 43.5 Å². The van der Waals surface area contributed by atoms with Gasteiger partial charge in [-0.05, 0) is 53.9 Å². The second-order valence-electron chi connectivity index (χ2n) is 8.33. The molecule has 0 aliphatic heterocycles. The van der Waals surface area contributed by atoms with E-state index < -0.39 is 5.34 Å². The molecule has 0 aromatic heterocycles. The fraction of sp³-hybridized carbons (Fsp3) is 1.00. The first-order valence-corrected chi connectivity index (χ1v) is 11.1. The third-order valence-electron chi connectivity index (χ3n) is 5.26. The summed E-state index contributed by atoms with van der Waals surface area (Å²) in [5.74, 6) is 0. The average molecular weight is 432 g/mol. The summed E-state index contributed by atoms with van der Waals surface area (Å²) in [4.78, 5) is 11.4. The van der Waals surface area contributed by atoms with Gasteiger partial charge in [-0.15, -0.1) is 8.96 Å². The van der Waals surface area contributed by atoms with Crippen LogP contribution in [0.25, 0.3) is 0 Å². The summed E-state index contributed by atoms with van der Waals surface area (Å²) in [6, 6.07) is 0. The van der Waals surface area contributed by atoms with E-state index in [1.807, 2.05) is 14.1 Å². The first kappa shape index (κ1) is 29.7. The molecule has 0 spiro atoms. The number of nitrogens with one attached hydrogen (secondary N) is 2. The molecule has 0 radical (unpaired) electrons. The standard InChI is InChI=1S/C17H45B3F2N8/c1-23-4-6-26(9-8-25(3)18)10-15-29(20)16-12-27(13-17-30(21)22)11-14-28(19)7-5-24-2/h23-24H,4-20H2,1-3H3. The molecular weight excluding hydrogens is 387 g/mol. The number of nitrogens with zero attached hydrogens (tertiary/aromatic N) is 6. The predicted molar refractivity (Wildman–Crippen MR) is 131 cm³/mol. The van der Waals surface area contributed by atoms with E-state index in [2.05, 4.69) is 65.9 Å². The highest BCUT2D eigenvalue weighted by molar-refractivity contribution is 6.04. The Labute approximate surface area is 186 Å². The second-order valence-corrected chi connectivity index (χ2v) is 8.33. The third-order valence-corrected chi connectivity index (χ3v) is 5.26. The van der Waals surface area contributed by atoms with Crippen molar-refractivity contribution in [1.82, 2.24) is 40.2 Å². The van der Waals surface area contributed by atoms with Crippen molar-refractivity contribution in [2.24, 2.45) is 0 Å². The normalized spacial score (nSPS) is 12.5. The highest BCUT2D eigenvalue weighted by atomic mass is 19.4. The van der Waals surface area contributed by atoms with Crippen molar-refractivity contribution in [1.29, 1.82) is 0 Å². The van der Waals surface area contributed by atoms with Crippen molar-refractivity contribution in [3.05, 3.63) is 0 Å². The molecule has 0 atom stereocenters. The molecule has 13 heteroatoms. The van der Waals surface area contributed by atoms with Gasteiger partial charge < -0.3 is 25.1 Å². The van der Waals surface area contributed by atoms with Crippen molar-refractivity contribution in [2.75, 3.05) is 113 Å². The lowest BCUT2D eigenvalue weighted by atomic mass is 10.2. The van der Waals surface area contributed by atoms with Gasteiger partial charge in [-0.3, -0.25) is 9.80 Å². The molecule has 0 amide bonds. The van der Waals surface area contributed by atoms with Crippen molar-refractivity contribution in [2.45, 2.75) is 0 Å². The van der Waals surface area contributed by atoms with E-state index in [0.29, 0.717) is 6.54 Å². The van der Waals surface area contributed by atoms with Gasteiger partial charge in [0.25, 0.3) is 0 Å². The molecule has 2 N–H and O–H groups in total. The maximum Gasteiger partial charge on any atom is 0.185 e. The SMILES string of the molecule is BN(C)CCN(CCNC)CCN(B)CCN(CCN(F)F)CCN(B)CCNC. The summed E-state index contributed by atoms with van der Waals surface area (Å²) in [6.07, 6.45) is 0. The van der Waals surface area contributed by atoms with Crippen molar-refractivity contribution in [3.63, 3.8) is 0 Å². The van der Waals surface area contributed by atoms with Crippen molar-refractivity contribution >= 4 is 23.9 Å². The molecule has 0 bridgehead atoms. The first-order valence-electron chi connectivity index (χ1n) is 11.1. The van der Waals surface area contributed by atoms with Crippen LogP contribution in [0.4, 0.5) is 8.96 Å². The molecule has 30 heavy (non-hydrogen) atoms. The zero-order valence-corrected chi connectivity index (χ0v) is 20.3. The van der Waals surface area contributed by atoms with Gasteiger partial charge in [0, 0.05) is 57.7 Å². The van der Waals surface area contributed by atoms with E-state index in [1.54, 1.807) is 0 Å². The number of rotatable bonds is 21. The van der Waals surface area contributed by atoms with E-state index in [0.717, 1.165) is 78.5 Å². The van der Waals surface area contributed by atoms with Crippen LogP contribution in [0.5, 0.6) is 0 Å². The summed E-state index contributed by atoms with van der Waals surface area (Å²) in [6.45, 7) is 11.5. The highest BCUT2D eigenvalue weighted by Gasteiger charge is 2.12. The smallest absolute Gasteiger partial charge is 0.185 e. The molecule has 0 aliphatic rings. The molecule has 0 unspecified atom stereocenters. The lowest BCUT2D eigenvalue weighted by Gasteiger charge is -2.30. The fourth-order valence-electron chi connectivity index (χ4n) is 2.96. The summed E-state index contributed by atoms with van der Waals surface area (Å²) in [5, 5.41) is 5.65. The second kappa shape index (κ2) is 19.4. The highest BCUT2D eigenvalue weighted by Crippen LogP contribution is 1.97. The number of hydrogen-bond donors (Lipinski definition) is 2. The summed E-state index contributed by atoms with van der Waals surface area (Å²) < 4.78 is 25.1. The largest absolute Gasteiger partial charge is 0.350 e. The third kappa shape index (κ3) is 18.5. The van der Waals surface area contributed by atoms with Crippen LogP contribution in [0.15, 0.2) is 0 Å². The molecule has 0 aromatic carbocycles. The van der Waals surface area contributed by atoms with Gasteiger partial charge in [0.05, 0.1) is 6.54 Å². The minimum Gasteiger partial charge on any atom is -0.350 e. The van der Waals surface area contributed by atoms with Crippen LogP contribution in [0, 0.1) is 0 Å². The Balaban J connectivity index is 4.38. The Kier molecular flexibility index (Phi) is 19.3. The van der Waals surface area contributed by atoms with E-state index in [9.17, 15) is 8.96 Å². The molecule has 0 saturated heterocycles. The summed E-state index contributed by atoms with van der Waals surface area (Å²) >= 11 is 0. The molecule has 0 rings (SSSR count). The van der Waals surface area contributed by atoms with Gasteiger partial charge in [-0.2, -0.15) is 0 Å². The van der Waals surface area contributed by atoms with Crippen molar-refractivity contribution in [3.8, 4) is 0 Å². The van der Waals surface area contributed by atoms with Crippen LogP contribution < -0.4 is 10.6 Å². The lowest BCUT2D eigenvalue weighted by molar-refractivity contribution is -0.155. The summed E-state index contributed by atoms with van der Waals surface area (Å²) in [7, 11) is 12.3. The van der Waals surface area contributed by atoms with E-state index in [-0.39, 0.29) is 6.54 Å². The van der Waals surface area contributed by atoms with Crippen LogP contribution in [0.3, 0.4) is 0 Å². The Morgan fingerprint density at radius 3 is 1.43 bits per heavy atom. The Morgan fingerprint density at radius 1 is 0.567 bits per heavy atom. The van der Waals surface area contributed by atoms with Crippen LogP contribution >= 0.6 is 0 Å². The summed E-state index contributed by atoms with van der Waals surface area (Å²) in [5.41, 5.74) is 0. The first-order chi connectivity index (χ1) is 14.3. The van der Waals surface area contributed by atoms with Gasteiger partial charge in [-0.25, -0.2) is 0 Å². The fourth-order valence-corrected chi connectivity index (χ4v) is 2.96. The monoisotopic (exact) mass is 432 g/mol. The molecule has 0 fully saturated rings.